The van der Waals surface area contributed by atoms with Crippen LogP contribution < -0.4 is 14.8 Å². The zero-order chi connectivity index (χ0) is 19.2. The molecule has 0 aliphatic carbocycles. The Morgan fingerprint density at radius 1 is 1.15 bits per heavy atom. The third-order valence-corrected chi connectivity index (χ3v) is 5.91. The molecule has 2 fully saturated rings. The number of hydrogen-bond acceptors (Lipinski definition) is 5. The lowest BCUT2D eigenvalue weighted by Gasteiger charge is -2.32. The Hall–Kier alpha value is -1.79. The monoisotopic (exact) mass is 375 g/mol. The maximum atomic E-state index is 12.6. The predicted molar refractivity (Wildman–Crippen MR) is 106 cm³/mol. The second-order valence-electron chi connectivity index (χ2n) is 7.51. The van der Waals surface area contributed by atoms with E-state index in [0.717, 1.165) is 68.9 Å². The standard InChI is InChI=1S/C21H33N3O3/c1-4-23-12-9-16(10-13-23)22-21(25)15-24-11-5-6-19(24)18-8-7-17(26-2)14-20(18)27-3/h7-8,14,16,19H,4-6,9-13,15H2,1-3H3,(H,22,25). The smallest absolute Gasteiger partial charge is 0.234 e. The molecular weight excluding hydrogens is 342 g/mol. The van der Waals surface area contributed by atoms with Crippen LogP contribution >= 0.6 is 0 Å². The second kappa shape index (κ2) is 9.42. The number of hydrogen-bond donors (Lipinski definition) is 1. The Labute approximate surface area is 162 Å². The average Bonchev–Trinajstić information content (AvgIpc) is 3.15. The van der Waals surface area contributed by atoms with Crippen LogP contribution in [0.1, 0.15) is 44.2 Å². The highest BCUT2D eigenvalue weighted by atomic mass is 16.5. The van der Waals surface area contributed by atoms with Crippen molar-refractivity contribution in [2.45, 2.75) is 44.7 Å². The molecule has 1 amide bonds. The minimum atomic E-state index is 0.143. The molecule has 0 radical (unpaired) electrons. The molecule has 1 aromatic rings. The first-order valence-electron chi connectivity index (χ1n) is 10.1. The molecule has 3 rings (SSSR count). The van der Waals surface area contributed by atoms with Gasteiger partial charge in [-0.1, -0.05) is 13.0 Å². The van der Waals surface area contributed by atoms with E-state index in [2.05, 4.69) is 28.1 Å². The van der Waals surface area contributed by atoms with Crippen molar-refractivity contribution < 1.29 is 14.3 Å². The SMILES string of the molecule is CCN1CCC(NC(=O)CN2CCCC2c2ccc(OC)cc2OC)CC1. The first kappa shape index (κ1) is 20.0. The fourth-order valence-corrected chi connectivity index (χ4v) is 4.31. The van der Waals surface area contributed by atoms with Crippen LogP contribution in [-0.4, -0.2) is 68.7 Å². The van der Waals surface area contributed by atoms with Crippen LogP contribution in [-0.2, 0) is 4.79 Å². The fourth-order valence-electron chi connectivity index (χ4n) is 4.31. The Morgan fingerprint density at radius 2 is 1.93 bits per heavy atom. The molecular formula is C21H33N3O3. The summed E-state index contributed by atoms with van der Waals surface area (Å²) in [6, 6.07) is 6.50. The molecule has 1 N–H and O–H groups in total. The van der Waals surface area contributed by atoms with Crippen molar-refractivity contribution in [3.63, 3.8) is 0 Å². The molecule has 0 bridgehead atoms. The number of benzene rings is 1. The Balaban J connectivity index is 1.59. The number of carbonyl (C=O) groups excluding carboxylic acids is 1. The number of piperidine rings is 1. The number of ether oxygens (including phenoxy) is 2. The van der Waals surface area contributed by atoms with E-state index < -0.39 is 0 Å². The summed E-state index contributed by atoms with van der Waals surface area (Å²) < 4.78 is 10.9. The number of methoxy groups -OCH3 is 2. The van der Waals surface area contributed by atoms with Crippen molar-refractivity contribution in [1.82, 2.24) is 15.1 Å². The van der Waals surface area contributed by atoms with Crippen LogP contribution in [0.2, 0.25) is 0 Å². The van der Waals surface area contributed by atoms with Gasteiger partial charge in [-0.3, -0.25) is 9.69 Å². The summed E-state index contributed by atoms with van der Waals surface area (Å²) in [6.07, 6.45) is 4.25. The number of nitrogens with one attached hydrogen (secondary N) is 1. The molecule has 0 spiro atoms. The summed E-state index contributed by atoms with van der Waals surface area (Å²) in [4.78, 5) is 17.4. The van der Waals surface area contributed by atoms with Gasteiger partial charge in [0.25, 0.3) is 0 Å². The highest BCUT2D eigenvalue weighted by molar-refractivity contribution is 5.78. The van der Waals surface area contributed by atoms with Gasteiger partial charge in [0.15, 0.2) is 0 Å². The third kappa shape index (κ3) is 4.93. The summed E-state index contributed by atoms with van der Waals surface area (Å²) >= 11 is 0. The van der Waals surface area contributed by atoms with Gasteiger partial charge >= 0.3 is 0 Å². The van der Waals surface area contributed by atoms with Crippen molar-refractivity contribution >= 4 is 5.91 Å². The third-order valence-electron chi connectivity index (χ3n) is 5.91. The molecule has 2 saturated heterocycles. The first-order valence-corrected chi connectivity index (χ1v) is 10.1. The summed E-state index contributed by atoms with van der Waals surface area (Å²) in [5, 5.41) is 3.25. The van der Waals surface area contributed by atoms with Crippen LogP contribution in [0.4, 0.5) is 0 Å². The lowest BCUT2D eigenvalue weighted by Crippen LogP contribution is -2.47. The van der Waals surface area contributed by atoms with Gasteiger partial charge in [0.05, 0.1) is 20.8 Å². The van der Waals surface area contributed by atoms with Crippen molar-refractivity contribution in [2.24, 2.45) is 0 Å². The predicted octanol–water partition coefficient (Wildman–Crippen LogP) is 2.44. The van der Waals surface area contributed by atoms with Crippen LogP contribution in [0.5, 0.6) is 11.5 Å². The zero-order valence-electron chi connectivity index (χ0n) is 16.9. The van der Waals surface area contributed by atoms with E-state index in [0.29, 0.717) is 12.6 Å². The van der Waals surface area contributed by atoms with Gasteiger partial charge in [0.2, 0.25) is 5.91 Å². The summed E-state index contributed by atoms with van der Waals surface area (Å²) in [6.45, 7) is 6.85. The maximum absolute atomic E-state index is 12.6. The molecule has 2 heterocycles. The van der Waals surface area contributed by atoms with Gasteiger partial charge in [-0.25, -0.2) is 0 Å². The van der Waals surface area contributed by atoms with Gasteiger partial charge in [-0.15, -0.1) is 0 Å². The van der Waals surface area contributed by atoms with E-state index in [1.807, 2.05) is 12.1 Å². The van der Waals surface area contributed by atoms with E-state index in [9.17, 15) is 4.79 Å². The van der Waals surface area contributed by atoms with Gasteiger partial charge < -0.3 is 19.7 Å². The summed E-state index contributed by atoms with van der Waals surface area (Å²) in [5.74, 6) is 1.76. The summed E-state index contributed by atoms with van der Waals surface area (Å²) in [7, 11) is 3.35. The minimum absolute atomic E-state index is 0.143. The molecule has 6 nitrogen and oxygen atoms in total. The van der Waals surface area contributed by atoms with Crippen LogP contribution in [0, 0.1) is 0 Å². The molecule has 6 heteroatoms. The minimum Gasteiger partial charge on any atom is -0.497 e. The van der Waals surface area contributed by atoms with E-state index in [4.69, 9.17) is 9.47 Å². The van der Waals surface area contributed by atoms with Crippen molar-refractivity contribution in [2.75, 3.05) is 46.9 Å². The largest absolute Gasteiger partial charge is 0.497 e. The molecule has 0 aromatic heterocycles. The molecule has 150 valence electrons. The van der Waals surface area contributed by atoms with Gasteiger partial charge in [0.1, 0.15) is 11.5 Å². The van der Waals surface area contributed by atoms with Crippen molar-refractivity contribution in [3.05, 3.63) is 23.8 Å². The topological polar surface area (TPSA) is 54.0 Å². The second-order valence-corrected chi connectivity index (χ2v) is 7.51. The fraction of sp³-hybridized carbons (Fsp3) is 0.667. The van der Waals surface area contributed by atoms with Crippen molar-refractivity contribution in [3.8, 4) is 11.5 Å². The van der Waals surface area contributed by atoms with E-state index in [1.54, 1.807) is 14.2 Å². The highest BCUT2D eigenvalue weighted by Crippen LogP contribution is 2.38. The molecule has 1 atom stereocenters. The summed E-state index contributed by atoms with van der Waals surface area (Å²) in [5.41, 5.74) is 1.14. The number of rotatable bonds is 7. The number of likely N-dealkylation sites (tertiary alicyclic amines) is 2. The van der Waals surface area contributed by atoms with Gasteiger partial charge in [-0.05, 0) is 44.8 Å². The van der Waals surface area contributed by atoms with Crippen LogP contribution in [0.3, 0.4) is 0 Å². The number of amides is 1. The number of nitrogens with zero attached hydrogens (tertiary/aromatic N) is 2. The Bertz CT molecular complexity index is 629. The highest BCUT2D eigenvalue weighted by Gasteiger charge is 2.30. The lowest BCUT2D eigenvalue weighted by atomic mass is 10.0. The van der Waals surface area contributed by atoms with Crippen molar-refractivity contribution in [1.29, 1.82) is 0 Å². The Morgan fingerprint density at radius 3 is 2.59 bits per heavy atom. The molecule has 1 unspecified atom stereocenters. The van der Waals surface area contributed by atoms with Gasteiger partial charge in [0, 0.05) is 36.8 Å². The molecule has 1 aromatic carbocycles. The van der Waals surface area contributed by atoms with E-state index >= 15 is 0 Å². The average molecular weight is 376 g/mol. The molecule has 0 saturated carbocycles. The molecule has 2 aliphatic heterocycles. The maximum Gasteiger partial charge on any atom is 0.234 e. The first-order chi connectivity index (χ1) is 13.1. The van der Waals surface area contributed by atoms with E-state index in [-0.39, 0.29) is 11.9 Å². The quantitative estimate of drug-likeness (QED) is 0.793. The van der Waals surface area contributed by atoms with Crippen LogP contribution in [0.15, 0.2) is 18.2 Å². The molecule has 27 heavy (non-hydrogen) atoms. The normalized spacial score (nSPS) is 22.0. The number of carbonyl (C=O) groups is 1. The van der Waals surface area contributed by atoms with Crippen LogP contribution in [0.25, 0.3) is 0 Å². The lowest BCUT2D eigenvalue weighted by molar-refractivity contribution is -0.123. The van der Waals surface area contributed by atoms with E-state index in [1.165, 1.54) is 0 Å². The Kier molecular flexibility index (Phi) is 6.96. The zero-order valence-corrected chi connectivity index (χ0v) is 16.9. The molecule has 2 aliphatic rings. The van der Waals surface area contributed by atoms with Gasteiger partial charge in [-0.2, -0.15) is 0 Å².